The van der Waals surface area contributed by atoms with Gasteiger partial charge >= 0.3 is 11.9 Å². The van der Waals surface area contributed by atoms with Crippen molar-refractivity contribution in [3.63, 3.8) is 0 Å². The predicted octanol–water partition coefficient (Wildman–Crippen LogP) is 2.08. The number of carbonyl (C=O) groups excluding carboxylic acids is 2. The summed E-state index contributed by atoms with van der Waals surface area (Å²) in [4.78, 5) is 24.6. The molecule has 2 aromatic rings. The quantitative estimate of drug-likeness (QED) is 0.283. The molecule has 0 heterocycles. The molecule has 0 radical (unpaired) electrons. The lowest BCUT2D eigenvalue weighted by atomic mass is 9.82. The lowest BCUT2D eigenvalue weighted by Crippen LogP contribution is -2.41. The Hall–Kier alpha value is -3.46. The summed E-state index contributed by atoms with van der Waals surface area (Å²) in [7, 11) is -6.33. The zero-order valence-corrected chi connectivity index (χ0v) is 20.8. The molecular weight excluding hydrogens is 516 g/mol. The van der Waals surface area contributed by atoms with Gasteiger partial charge in [0.2, 0.25) is 0 Å². The van der Waals surface area contributed by atoms with Crippen LogP contribution in [0.15, 0.2) is 69.6 Å². The van der Waals surface area contributed by atoms with Gasteiger partial charge in [-0.2, -0.15) is 16.8 Å². The average Bonchev–Trinajstić information content (AvgIpc) is 2.83. The molecule has 1 aliphatic rings. The summed E-state index contributed by atoms with van der Waals surface area (Å²) < 4.78 is 73.3. The lowest BCUT2D eigenvalue weighted by molar-refractivity contribution is -0.146. The number of ether oxygens (including phenoxy) is 2. The first-order valence-corrected chi connectivity index (χ1v) is 13.3. The van der Waals surface area contributed by atoms with Crippen LogP contribution in [0, 0.1) is 5.92 Å². The van der Waals surface area contributed by atoms with Gasteiger partial charge in [-0.25, -0.2) is 4.79 Å². The van der Waals surface area contributed by atoms with Gasteiger partial charge in [0.05, 0.1) is 35.5 Å². The Morgan fingerprint density at radius 1 is 0.806 bits per heavy atom. The van der Waals surface area contributed by atoms with Gasteiger partial charge < -0.3 is 20.1 Å². The summed E-state index contributed by atoms with van der Waals surface area (Å²) in [6, 6.07) is 9.68. The van der Waals surface area contributed by atoms with Gasteiger partial charge in [-0.15, -0.1) is 0 Å². The maximum absolute atomic E-state index is 12.6. The average molecular weight is 541 g/mol. The Kier molecular flexibility index (Phi) is 8.03. The second kappa shape index (κ2) is 10.7. The molecule has 194 valence electrons. The summed E-state index contributed by atoms with van der Waals surface area (Å²) >= 11 is 0. The first kappa shape index (κ1) is 27.1. The van der Waals surface area contributed by atoms with Crippen molar-refractivity contribution in [2.75, 3.05) is 24.9 Å². The van der Waals surface area contributed by atoms with Gasteiger partial charge in [-0.3, -0.25) is 13.9 Å². The van der Waals surface area contributed by atoms with E-state index < -0.39 is 44.1 Å². The maximum atomic E-state index is 12.6. The van der Waals surface area contributed by atoms with Gasteiger partial charge in [0, 0.05) is 36.0 Å². The summed E-state index contributed by atoms with van der Waals surface area (Å²) in [5.41, 5.74) is 1.41. The zero-order valence-electron chi connectivity index (χ0n) is 19.2. The number of esters is 2. The van der Waals surface area contributed by atoms with Crippen molar-refractivity contribution in [1.82, 2.24) is 0 Å². The molecule has 0 saturated carbocycles. The number of rotatable bonds is 8. The van der Waals surface area contributed by atoms with Crippen LogP contribution < -0.4 is 10.6 Å². The van der Waals surface area contributed by atoms with Crippen LogP contribution in [0.5, 0.6) is 0 Å². The molecule has 2 unspecified atom stereocenters. The molecule has 1 aliphatic carbocycles. The van der Waals surface area contributed by atoms with Crippen LogP contribution in [0.2, 0.25) is 0 Å². The summed E-state index contributed by atoms with van der Waals surface area (Å²) in [6.07, 6.45) is 0.0514. The normalized spacial score (nSPS) is 18.3. The molecule has 14 heteroatoms. The van der Waals surface area contributed by atoms with Crippen molar-refractivity contribution in [2.24, 2.45) is 5.92 Å². The van der Waals surface area contributed by atoms with Crippen molar-refractivity contribution in [3.8, 4) is 0 Å². The minimum absolute atomic E-state index is 0.0257. The number of anilines is 2. The third kappa shape index (κ3) is 6.40. The maximum Gasteiger partial charge on any atom is 0.335 e. The fourth-order valence-electron chi connectivity index (χ4n) is 3.80. The van der Waals surface area contributed by atoms with E-state index in [1.165, 1.54) is 62.8 Å². The van der Waals surface area contributed by atoms with E-state index in [1.807, 2.05) is 0 Å². The van der Waals surface area contributed by atoms with E-state index in [9.17, 15) is 26.4 Å². The van der Waals surface area contributed by atoms with Crippen molar-refractivity contribution < 1.29 is 45.0 Å². The Morgan fingerprint density at radius 2 is 1.31 bits per heavy atom. The molecule has 0 fully saturated rings. The fraction of sp³-hybridized carbons (Fsp3) is 0.273. The molecule has 2 atom stereocenters. The topological polar surface area (TPSA) is 185 Å². The first-order chi connectivity index (χ1) is 16.8. The molecule has 0 spiro atoms. The molecule has 0 amide bonds. The number of benzene rings is 2. The van der Waals surface area contributed by atoms with Crippen LogP contribution in [0.4, 0.5) is 11.4 Å². The Labute approximate surface area is 207 Å². The number of methoxy groups -OCH3 is 2. The monoisotopic (exact) mass is 540 g/mol. The minimum Gasteiger partial charge on any atom is -0.469 e. The smallest absolute Gasteiger partial charge is 0.335 e. The van der Waals surface area contributed by atoms with Gasteiger partial charge in [-0.05, 0) is 48.5 Å². The summed E-state index contributed by atoms with van der Waals surface area (Å²) in [5.74, 6) is -1.99. The highest BCUT2D eigenvalue weighted by atomic mass is 32.2. The van der Waals surface area contributed by atoms with Crippen molar-refractivity contribution in [1.29, 1.82) is 0 Å². The Bertz CT molecular complexity index is 1380. The van der Waals surface area contributed by atoms with E-state index in [4.69, 9.17) is 18.6 Å². The van der Waals surface area contributed by atoms with Crippen molar-refractivity contribution in [3.05, 3.63) is 59.8 Å². The standard InChI is InChI=1S/C22H24N2O10S2/c1-33-21(25)17-11-20(24-14-5-9-16(10-6-14)36(30,31)32)18(22(26)34-2)12-19(17)23-13-3-7-15(8-4-13)35(27,28)29/h3-10,17,19,23-24H,11-12H2,1-2H3,(H,27,28,29)(H,30,31,32). The van der Waals surface area contributed by atoms with E-state index >= 15 is 0 Å². The molecule has 12 nitrogen and oxygen atoms in total. The second-order valence-corrected chi connectivity index (χ2v) is 10.7. The van der Waals surface area contributed by atoms with E-state index in [-0.39, 0.29) is 28.2 Å². The molecule has 0 aromatic heterocycles. The van der Waals surface area contributed by atoms with Crippen LogP contribution in [0.25, 0.3) is 0 Å². The Balaban J connectivity index is 1.94. The number of nitrogens with one attached hydrogen (secondary N) is 2. The third-order valence-electron chi connectivity index (χ3n) is 5.59. The van der Waals surface area contributed by atoms with Crippen LogP contribution >= 0.6 is 0 Å². The van der Waals surface area contributed by atoms with Crippen LogP contribution in [0.3, 0.4) is 0 Å². The Morgan fingerprint density at radius 3 is 1.75 bits per heavy atom. The molecule has 0 aliphatic heterocycles. The molecule has 3 rings (SSSR count). The molecule has 2 aromatic carbocycles. The van der Waals surface area contributed by atoms with Crippen molar-refractivity contribution >= 4 is 43.5 Å². The molecular formula is C22H24N2O10S2. The summed E-state index contributed by atoms with van der Waals surface area (Å²) in [6.45, 7) is 0. The zero-order chi connectivity index (χ0) is 26.7. The van der Waals surface area contributed by atoms with Gasteiger partial charge in [0.15, 0.2) is 0 Å². The SMILES string of the molecule is COC(=O)C1=C(Nc2ccc(S(=O)(=O)O)cc2)CC(C(=O)OC)C(Nc2ccc(S(=O)(=O)O)cc2)C1. The number of allylic oxidation sites excluding steroid dienone is 1. The van der Waals surface area contributed by atoms with Crippen LogP contribution in [-0.4, -0.2) is 58.1 Å². The number of hydrogen-bond acceptors (Lipinski definition) is 10. The highest BCUT2D eigenvalue weighted by Gasteiger charge is 2.38. The van der Waals surface area contributed by atoms with Crippen LogP contribution in [-0.2, 0) is 39.3 Å². The largest absolute Gasteiger partial charge is 0.469 e. The predicted molar refractivity (Wildman–Crippen MR) is 127 cm³/mol. The first-order valence-electron chi connectivity index (χ1n) is 10.4. The molecule has 0 saturated heterocycles. The van der Waals surface area contributed by atoms with E-state index in [0.717, 1.165) is 0 Å². The van der Waals surface area contributed by atoms with Crippen LogP contribution in [0.1, 0.15) is 12.8 Å². The van der Waals surface area contributed by atoms with Gasteiger partial charge in [0.1, 0.15) is 0 Å². The number of hydrogen-bond donors (Lipinski definition) is 4. The lowest BCUT2D eigenvalue weighted by Gasteiger charge is -2.34. The van der Waals surface area contributed by atoms with Gasteiger partial charge in [-0.1, -0.05) is 0 Å². The highest BCUT2D eigenvalue weighted by molar-refractivity contribution is 7.86. The fourth-order valence-corrected chi connectivity index (χ4v) is 4.76. The molecule has 36 heavy (non-hydrogen) atoms. The van der Waals surface area contributed by atoms with E-state index in [0.29, 0.717) is 17.1 Å². The number of carbonyl (C=O) groups is 2. The molecule has 4 N–H and O–H groups in total. The second-order valence-electron chi connectivity index (χ2n) is 7.86. The van der Waals surface area contributed by atoms with Crippen molar-refractivity contribution in [2.45, 2.75) is 28.7 Å². The third-order valence-corrected chi connectivity index (χ3v) is 7.32. The summed E-state index contributed by atoms with van der Waals surface area (Å²) in [5, 5.41) is 6.12. The molecule has 0 bridgehead atoms. The highest BCUT2D eigenvalue weighted by Crippen LogP contribution is 2.34. The van der Waals surface area contributed by atoms with Gasteiger partial charge in [0.25, 0.3) is 20.2 Å². The van der Waals surface area contributed by atoms with E-state index in [1.54, 1.807) is 0 Å². The van der Waals surface area contributed by atoms with E-state index in [2.05, 4.69) is 10.6 Å². The minimum atomic E-state index is -4.38.